The third-order valence-corrected chi connectivity index (χ3v) is 6.57. The summed E-state index contributed by atoms with van der Waals surface area (Å²) in [6.45, 7) is 2.11. The quantitative estimate of drug-likeness (QED) is 0.379. The molecule has 0 unspecified atom stereocenters. The lowest BCUT2D eigenvalue weighted by molar-refractivity contribution is 1.42. The maximum Gasteiger partial charge on any atom is 0.124 e. The van der Waals surface area contributed by atoms with E-state index >= 15 is 0 Å². The summed E-state index contributed by atoms with van der Waals surface area (Å²) in [5.74, 6) is 0. The third-order valence-electron chi connectivity index (χ3n) is 4.41. The number of aryl methyl sites for hydroxylation is 1. The number of anilines is 1. The first-order chi connectivity index (χ1) is 12.7. The summed E-state index contributed by atoms with van der Waals surface area (Å²) < 4.78 is 2.40. The molecule has 126 valence electrons. The van der Waals surface area contributed by atoms with E-state index in [-0.39, 0.29) is 0 Å². The molecule has 0 spiro atoms. The molecular formula is C21H15N3S2. The van der Waals surface area contributed by atoms with Crippen LogP contribution in [0.2, 0.25) is 0 Å². The van der Waals surface area contributed by atoms with E-state index in [4.69, 9.17) is 15.7 Å². The van der Waals surface area contributed by atoms with Crippen molar-refractivity contribution in [2.75, 3.05) is 5.73 Å². The topological polar surface area (TPSA) is 51.8 Å². The fraction of sp³-hybridized carbons (Fsp3) is 0.0476. The molecule has 2 heterocycles. The van der Waals surface area contributed by atoms with E-state index in [0.29, 0.717) is 0 Å². The summed E-state index contributed by atoms with van der Waals surface area (Å²) in [7, 11) is 0. The van der Waals surface area contributed by atoms with Gasteiger partial charge in [-0.1, -0.05) is 18.2 Å². The molecule has 0 saturated carbocycles. The van der Waals surface area contributed by atoms with E-state index in [1.54, 1.807) is 22.7 Å². The third kappa shape index (κ3) is 2.57. The molecular weight excluding hydrogens is 358 g/mol. The second-order valence-electron chi connectivity index (χ2n) is 6.26. The fourth-order valence-corrected chi connectivity index (χ4v) is 5.01. The Kier molecular flexibility index (Phi) is 3.51. The molecule has 3 nitrogen and oxygen atoms in total. The molecule has 3 aromatic carbocycles. The number of rotatable bonds is 2. The van der Waals surface area contributed by atoms with Crippen molar-refractivity contribution in [3.8, 4) is 21.1 Å². The maximum atomic E-state index is 5.78. The highest BCUT2D eigenvalue weighted by molar-refractivity contribution is 7.22. The average Bonchev–Trinajstić information content (AvgIpc) is 3.26. The van der Waals surface area contributed by atoms with Crippen molar-refractivity contribution in [3.63, 3.8) is 0 Å². The van der Waals surface area contributed by atoms with Gasteiger partial charge in [0.2, 0.25) is 0 Å². The summed E-state index contributed by atoms with van der Waals surface area (Å²) in [6.07, 6.45) is 0. The molecule has 0 aliphatic carbocycles. The van der Waals surface area contributed by atoms with Crippen LogP contribution in [0.15, 0.2) is 60.7 Å². The lowest BCUT2D eigenvalue weighted by Crippen LogP contribution is -1.83. The van der Waals surface area contributed by atoms with Gasteiger partial charge in [0.1, 0.15) is 10.0 Å². The number of nitrogens with zero attached hydrogens (tertiary/aromatic N) is 2. The Morgan fingerprint density at radius 3 is 2.31 bits per heavy atom. The highest BCUT2D eigenvalue weighted by Gasteiger charge is 2.11. The summed E-state index contributed by atoms with van der Waals surface area (Å²) in [5, 5.41) is 2.05. The smallest absolute Gasteiger partial charge is 0.124 e. The van der Waals surface area contributed by atoms with E-state index in [1.807, 2.05) is 24.3 Å². The molecule has 0 saturated heterocycles. The lowest BCUT2D eigenvalue weighted by Gasteiger charge is -1.96. The average molecular weight is 374 g/mol. The minimum Gasteiger partial charge on any atom is -0.399 e. The Hall–Kier alpha value is -2.76. The lowest BCUT2D eigenvalue weighted by atomic mass is 10.2. The molecule has 0 aliphatic rings. The second kappa shape index (κ2) is 5.90. The minimum atomic E-state index is 0.767. The molecule has 5 aromatic rings. The van der Waals surface area contributed by atoms with Crippen LogP contribution in [-0.2, 0) is 0 Å². The van der Waals surface area contributed by atoms with Crippen LogP contribution in [0.5, 0.6) is 0 Å². The Morgan fingerprint density at radius 2 is 1.50 bits per heavy atom. The van der Waals surface area contributed by atoms with Gasteiger partial charge in [0.15, 0.2) is 0 Å². The molecule has 0 atom stereocenters. The Balaban J connectivity index is 1.60. The van der Waals surface area contributed by atoms with Gasteiger partial charge in [-0.3, -0.25) is 0 Å². The van der Waals surface area contributed by atoms with Crippen molar-refractivity contribution in [1.29, 1.82) is 0 Å². The number of thiazole rings is 2. The molecule has 2 N–H and O–H groups in total. The minimum absolute atomic E-state index is 0.767. The summed E-state index contributed by atoms with van der Waals surface area (Å²) >= 11 is 3.43. The zero-order valence-electron chi connectivity index (χ0n) is 14.1. The predicted octanol–water partition coefficient (Wildman–Crippen LogP) is 6.13. The van der Waals surface area contributed by atoms with Crippen LogP contribution in [0.4, 0.5) is 5.69 Å². The number of aromatic nitrogens is 2. The number of nitrogen functional groups attached to an aromatic ring is 1. The van der Waals surface area contributed by atoms with Gasteiger partial charge in [-0.2, -0.15) is 0 Å². The summed E-state index contributed by atoms with van der Waals surface area (Å²) in [6, 6.07) is 20.6. The Bertz CT molecular complexity index is 1250. The van der Waals surface area contributed by atoms with Gasteiger partial charge in [-0.15, -0.1) is 22.7 Å². The van der Waals surface area contributed by atoms with Crippen LogP contribution >= 0.6 is 22.7 Å². The number of benzene rings is 3. The molecule has 2 aromatic heterocycles. The standard InChI is InChI=1S/C21H15N3S2/c1-12-3-2-4-18-19(12)24-21(26-18)14-7-10-17-16(11-14)23-20(25-17)13-5-8-15(22)9-6-13/h2-11H,22H2,1H3. The zero-order valence-corrected chi connectivity index (χ0v) is 15.7. The van der Waals surface area contributed by atoms with Crippen molar-refractivity contribution in [3.05, 3.63) is 66.2 Å². The van der Waals surface area contributed by atoms with E-state index < -0.39 is 0 Å². The van der Waals surface area contributed by atoms with Crippen molar-refractivity contribution < 1.29 is 0 Å². The van der Waals surface area contributed by atoms with Gasteiger partial charge in [0.25, 0.3) is 0 Å². The molecule has 5 rings (SSSR count). The highest BCUT2D eigenvalue weighted by Crippen LogP contribution is 2.36. The van der Waals surface area contributed by atoms with Crippen LogP contribution < -0.4 is 5.73 Å². The predicted molar refractivity (Wildman–Crippen MR) is 113 cm³/mol. The summed E-state index contributed by atoms with van der Waals surface area (Å²) in [5.41, 5.74) is 12.1. The van der Waals surface area contributed by atoms with Crippen LogP contribution in [-0.4, -0.2) is 9.97 Å². The molecule has 0 radical (unpaired) electrons. The SMILES string of the molecule is Cc1cccc2sc(-c3ccc4sc(-c5ccc(N)cc5)nc4c3)nc12. The van der Waals surface area contributed by atoms with Gasteiger partial charge < -0.3 is 5.73 Å². The molecule has 5 heteroatoms. The number of para-hydroxylation sites is 1. The van der Waals surface area contributed by atoms with Crippen LogP contribution in [0, 0.1) is 6.92 Å². The van der Waals surface area contributed by atoms with Gasteiger partial charge in [-0.05, 0) is 55.0 Å². The number of hydrogen-bond donors (Lipinski definition) is 1. The van der Waals surface area contributed by atoms with Crippen LogP contribution in [0.25, 0.3) is 41.6 Å². The van der Waals surface area contributed by atoms with E-state index in [9.17, 15) is 0 Å². The highest BCUT2D eigenvalue weighted by atomic mass is 32.1. The first-order valence-electron chi connectivity index (χ1n) is 8.30. The van der Waals surface area contributed by atoms with Crippen molar-refractivity contribution in [2.45, 2.75) is 6.92 Å². The van der Waals surface area contributed by atoms with E-state index in [0.717, 1.165) is 37.9 Å². The monoisotopic (exact) mass is 373 g/mol. The largest absolute Gasteiger partial charge is 0.399 e. The number of fused-ring (bicyclic) bond motifs is 2. The molecule has 0 amide bonds. The molecule has 0 fully saturated rings. The van der Waals surface area contributed by atoms with E-state index in [1.165, 1.54) is 15.0 Å². The normalized spacial score (nSPS) is 11.4. The van der Waals surface area contributed by atoms with Gasteiger partial charge >= 0.3 is 0 Å². The zero-order chi connectivity index (χ0) is 17.7. The van der Waals surface area contributed by atoms with Crippen LogP contribution in [0.1, 0.15) is 5.56 Å². The van der Waals surface area contributed by atoms with E-state index in [2.05, 4.69) is 43.3 Å². The first kappa shape index (κ1) is 15.5. The first-order valence-corrected chi connectivity index (χ1v) is 9.94. The van der Waals surface area contributed by atoms with Gasteiger partial charge in [-0.25, -0.2) is 9.97 Å². The molecule has 0 bridgehead atoms. The summed E-state index contributed by atoms with van der Waals surface area (Å²) in [4.78, 5) is 9.67. The number of nitrogens with two attached hydrogens (primary N) is 1. The molecule has 0 aliphatic heterocycles. The molecule has 26 heavy (non-hydrogen) atoms. The van der Waals surface area contributed by atoms with Crippen molar-refractivity contribution in [2.24, 2.45) is 0 Å². The Labute approximate surface area is 158 Å². The number of hydrogen-bond acceptors (Lipinski definition) is 5. The Morgan fingerprint density at radius 1 is 0.769 bits per heavy atom. The van der Waals surface area contributed by atoms with Crippen molar-refractivity contribution in [1.82, 2.24) is 9.97 Å². The van der Waals surface area contributed by atoms with Gasteiger partial charge in [0, 0.05) is 16.8 Å². The van der Waals surface area contributed by atoms with Crippen LogP contribution in [0.3, 0.4) is 0 Å². The van der Waals surface area contributed by atoms with Crippen molar-refractivity contribution >= 4 is 48.8 Å². The maximum absolute atomic E-state index is 5.78. The second-order valence-corrected chi connectivity index (χ2v) is 8.33. The fourth-order valence-electron chi connectivity index (χ4n) is 3.02. The van der Waals surface area contributed by atoms with Gasteiger partial charge in [0.05, 0.1) is 20.4 Å².